The number of hydrogen-bond donors (Lipinski definition) is 1. The third-order valence-electron chi connectivity index (χ3n) is 5.19. The zero-order valence-corrected chi connectivity index (χ0v) is 18.8. The van der Waals surface area contributed by atoms with Gasteiger partial charge in [-0.2, -0.15) is 0 Å². The highest BCUT2D eigenvalue weighted by Crippen LogP contribution is 2.34. The predicted octanol–water partition coefficient (Wildman–Crippen LogP) is 3.86. The summed E-state index contributed by atoms with van der Waals surface area (Å²) in [7, 11) is -3.66. The van der Waals surface area contributed by atoms with E-state index in [1.807, 2.05) is 0 Å². The summed E-state index contributed by atoms with van der Waals surface area (Å²) >= 11 is 0. The Bertz CT molecular complexity index is 1370. The van der Waals surface area contributed by atoms with Crippen molar-refractivity contribution in [3.8, 4) is 22.8 Å². The molecule has 0 spiro atoms. The molecule has 1 aliphatic rings. The van der Waals surface area contributed by atoms with E-state index in [0.717, 1.165) is 25.0 Å². The van der Waals surface area contributed by atoms with Gasteiger partial charge in [0.15, 0.2) is 17.3 Å². The van der Waals surface area contributed by atoms with E-state index in [0.29, 0.717) is 29.7 Å². The topological polar surface area (TPSA) is 103 Å². The molecule has 174 valence electrons. The van der Waals surface area contributed by atoms with E-state index >= 15 is 0 Å². The van der Waals surface area contributed by atoms with Gasteiger partial charge in [0.05, 0.1) is 11.9 Å². The molecule has 2 aromatic heterocycles. The number of benzene rings is 1. The fourth-order valence-corrected chi connectivity index (χ4v) is 3.74. The van der Waals surface area contributed by atoms with Crippen LogP contribution >= 0.6 is 0 Å². The van der Waals surface area contributed by atoms with Crippen LogP contribution in [0.3, 0.4) is 0 Å². The molecule has 0 amide bonds. The van der Waals surface area contributed by atoms with Crippen LogP contribution in [0.15, 0.2) is 41.5 Å². The molecule has 0 aliphatic heterocycles. The summed E-state index contributed by atoms with van der Waals surface area (Å²) in [5.74, 6) is -1.89. The first-order chi connectivity index (χ1) is 15.6. The summed E-state index contributed by atoms with van der Waals surface area (Å²) in [5.41, 5.74) is 0.930. The standard InChI is InChI=1S/C22H22F2N4O4S/c1-3-33(30,31)27-22-25-10-19(32-18-7-6-16(23)9-17(18)24)20(26-22)15-8-13(2)21(29)28(12-15)11-14-4-5-14/h6-10,12,14H,3-5,11H2,1-2H3,(H,25,26,27). The van der Waals surface area contributed by atoms with Crippen molar-refractivity contribution in [3.05, 3.63) is 64.2 Å². The van der Waals surface area contributed by atoms with E-state index in [2.05, 4.69) is 14.7 Å². The van der Waals surface area contributed by atoms with E-state index in [4.69, 9.17) is 4.74 Å². The van der Waals surface area contributed by atoms with E-state index in [-0.39, 0.29) is 34.5 Å². The minimum Gasteiger partial charge on any atom is -0.450 e. The van der Waals surface area contributed by atoms with Crippen LogP contribution in [0.4, 0.5) is 14.7 Å². The summed E-state index contributed by atoms with van der Waals surface area (Å²) < 4.78 is 61.0. The Labute approximate surface area is 189 Å². The number of aryl methyl sites for hydroxylation is 1. The normalized spacial score (nSPS) is 13.7. The van der Waals surface area contributed by atoms with Gasteiger partial charge in [0.25, 0.3) is 5.56 Å². The quantitative estimate of drug-likeness (QED) is 0.530. The lowest BCUT2D eigenvalue weighted by atomic mass is 10.1. The van der Waals surface area contributed by atoms with Crippen LogP contribution in [-0.4, -0.2) is 28.7 Å². The molecular weight excluding hydrogens is 454 g/mol. The molecule has 0 radical (unpaired) electrons. The van der Waals surface area contributed by atoms with Crippen LogP contribution in [0.1, 0.15) is 25.3 Å². The third kappa shape index (κ3) is 5.36. The highest BCUT2D eigenvalue weighted by molar-refractivity contribution is 7.92. The number of nitrogens with one attached hydrogen (secondary N) is 1. The lowest BCUT2D eigenvalue weighted by molar-refractivity contribution is 0.436. The molecule has 1 saturated carbocycles. The minimum absolute atomic E-state index is 0.0102. The first-order valence-corrected chi connectivity index (χ1v) is 12.0. The Balaban J connectivity index is 1.82. The average Bonchev–Trinajstić information content (AvgIpc) is 3.58. The second kappa shape index (κ2) is 8.89. The van der Waals surface area contributed by atoms with Gasteiger partial charge < -0.3 is 9.30 Å². The summed E-state index contributed by atoms with van der Waals surface area (Å²) in [4.78, 5) is 20.8. The molecule has 3 aromatic rings. The smallest absolute Gasteiger partial charge is 0.253 e. The fraction of sp³-hybridized carbons (Fsp3) is 0.318. The summed E-state index contributed by atoms with van der Waals surface area (Å²) in [6.07, 6.45) is 4.90. The van der Waals surface area contributed by atoms with Gasteiger partial charge in [0.2, 0.25) is 16.0 Å². The third-order valence-corrected chi connectivity index (χ3v) is 6.44. The molecule has 8 nitrogen and oxygen atoms in total. The van der Waals surface area contributed by atoms with Crippen LogP contribution in [0, 0.1) is 24.5 Å². The Morgan fingerprint density at radius 1 is 1.21 bits per heavy atom. The summed E-state index contributed by atoms with van der Waals surface area (Å²) in [6, 6.07) is 4.45. The van der Waals surface area contributed by atoms with E-state index in [9.17, 15) is 22.0 Å². The first kappa shape index (κ1) is 22.8. The Kier molecular flexibility index (Phi) is 6.15. The van der Waals surface area contributed by atoms with Gasteiger partial charge in [-0.1, -0.05) is 0 Å². The number of halogens is 2. The van der Waals surface area contributed by atoms with Crippen LogP contribution < -0.4 is 15.0 Å². The second-order valence-corrected chi connectivity index (χ2v) is 9.91. The minimum atomic E-state index is -3.66. The highest BCUT2D eigenvalue weighted by Gasteiger charge is 2.23. The van der Waals surface area contributed by atoms with Crippen molar-refractivity contribution in [1.29, 1.82) is 0 Å². The molecule has 11 heteroatoms. The van der Waals surface area contributed by atoms with Gasteiger partial charge in [-0.05, 0) is 50.8 Å². The molecule has 2 heterocycles. The second-order valence-electron chi connectivity index (χ2n) is 7.90. The predicted molar refractivity (Wildman–Crippen MR) is 119 cm³/mol. The molecule has 1 fully saturated rings. The zero-order chi connectivity index (χ0) is 23.8. The SMILES string of the molecule is CCS(=O)(=O)Nc1ncc(Oc2ccc(F)cc2F)c(-c2cc(C)c(=O)n(CC3CC3)c2)n1. The van der Waals surface area contributed by atoms with Gasteiger partial charge in [0.1, 0.15) is 11.5 Å². The average molecular weight is 477 g/mol. The maximum absolute atomic E-state index is 14.2. The van der Waals surface area contributed by atoms with Crippen molar-refractivity contribution in [3.63, 3.8) is 0 Å². The van der Waals surface area contributed by atoms with Gasteiger partial charge in [0, 0.05) is 29.9 Å². The van der Waals surface area contributed by atoms with Crippen molar-refractivity contribution in [2.24, 2.45) is 5.92 Å². The number of ether oxygens (including phenoxy) is 1. The number of hydrogen-bond acceptors (Lipinski definition) is 6. The van der Waals surface area contributed by atoms with Gasteiger partial charge >= 0.3 is 0 Å². The number of rotatable bonds is 8. The Morgan fingerprint density at radius 3 is 2.64 bits per heavy atom. The number of pyridine rings is 1. The van der Waals surface area contributed by atoms with Gasteiger partial charge in [-0.25, -0.2) is 27.2 Å². The Morgan fingerprint density at radius 2 is 1.97 bits per heavy atom. The summed E-state index contributed by atoms with van der Waals surface area (Å²) in [6.45, 7) is 3.68. The van der Waals surface area contributed by atoms with E-state index in [1.165, 1.54) is 13.1 Å². The fourth-order valence-electron chi connectivity index (χ4n) is 3.22. The number of anilines is 1. The molecule has 33 heavy (non-hydrogen) atoms. The molecule has 1 aliphatic carbocycles. The number of aromatic nitrogens is 3. The van der Waals surface area contributed by atoms with Crippen molar-refractivity contribution >= 4 is 16.0 Å². The van der Waals surface area contributed by atoms with Crippen LogP contribution in [-0.2, 0) is 16.6 Å². The molecular formula is C22H22F2N4O4S. The van der Waals surface area contributed by atoms with Crippen LogP contribution in [0.2, 0.25) is 0 Å². The molecule has 0 saturated heterocycles. The van der Waals surface area contributed by atoms with Gasteiger partial charge in [-0.15, -0.1) is 0 Å². The molecule has 0 unspecified atom stereocenters. The van der Waals surface area contributed by atoms with Crippen molar-refractivity contribution in [1.82, 2.24) is 14.5 Å². The van der Waals surface area contributed by atoms with Gasteiger partial charge in [-0.3, -0.25) is 9.52 Å². The molecule has 0 bridgehead atoms. The molecule has 1 aromatic carbocycles. The molecule has 4 rings (SSSR count). The van der Waals surface area contributed by atoms with Crippen LogP contribution in [0.25, 0.3) is 11.3 Å². The summed E-state index contributed by atoms with van der Waals surface area (Å²) in [5, 5.41) is 0. The number of nitrogens with zero attached hydrogens (tertiary/aromatic N) is 3. The zero-order valence-electron chi connectivity index (χ0n) is 18.0. The van der Waals surface area contributed by atoms with Crippen molar-refractivity contribution < 1.29 is 21.9 Å². The molecule has 1 N–H and O–H groups in total. The van der Waals surface area contributed by atoms with Crippen molar-refractivity contribution in [2.45, 2.75) is 33.2 Å². The van der Waals surface area contributed by atoms with E-state index < -0.39 is 21.7 Å². The Hall–Kier alpha value is -3.34. The lowest BCUT2D eigenvalue weighted by Gasteiger charge is -2.15. The highest BCUT2D eigenvalue weighted by atomic mass is 32.2. The number of sulfonamides is 1. The van der Waals surface area contributed by atoms with E-state index in [1.54, 1.807) is 23.8 Å². The van der Waals surface area contributed by atoms with Crippen LogP contribution in [0.5, 0.6) is 11.5 Å². The maximum atomic E-state index is 14.2. The largest absolute Gasteiger partial charge is 0.450 e. The maximum Gasteiger partial charge on any atom is 0.253 e. The molecule has 0 atom stereocenters. The monoisotopic (exact) mass is 476 g/mol. The first-order valence-electron chi connectivity index (χ1n) is 10.4. The van der Waals surface area contributed by atoms with Crippen molar-refractivity contribution in [2.75, 3.05) is 10.5 Å². The lowest BCUT2D eigenvalue weighted by Crippen LogP contribution is -2.23.